The van der Waals surface area contributed by atoms with E-state index in [1.165, 1.54) is 0 Å². The number of hydrogen-bond acceptors (Lipinski definition) is 4. The van der Waals surface area contributed by atoms with Crippen molar-refractivity contribution in [3.63, 3.8) is 0 Å². The third-order valence-corrected chi connectivity index (χ3v) is 3.76. The van der Waals surface area contributed by atoms with Gasteiger partial charge in [0.15, 0.2) is 0 Å². The monoisotopic (exact) mass is 342 g/mol. The summed E-state index contributed by atoms with van der Waals surface area (Å²) in [6, 6.07) is 1.72. The summed E-state index contributed by atoms with van der Waals surface area (Å²) in [5.74, 6) is -0.0169. The summed E-state index contributed by atoms with van der Waals surface area (Å²) >= 11 is 3.37. The Hall–Kier alpha value is -0.980. The van der Waals surface area contributed by atoms with Gasteiger partial charge in [-0.05, 0) is 35.8 Å². The zero-order valence-electron chi connectivity index (χ0n) is 11.9. The van der Waals surface area contributed by atoms with Crippen LogP contribution in [0.2, 0.25) is 0 Å². The fourth-order valence-corrected chi connectivity index (χ4v) is 2.86. The molecule has 20 heavy (non-hydrogen) atoms. The van der Waals surface area contributed by atoms with Gasteiger partial charge in [-0.1, -0.05) is 0 Å². The second kappa shape index (κ2) is 6.20. The van der Waals surface area contributed by atoms with Crippen molar-refractivity contribution in [1.29, 1.82) is 0 Å². The molecule has 1 atom stereocenters. The lowest BCUT2D eigenvalue weighted by Crippen LogP contribution is -2.55. The Bertz CT molecular complexity index is 493. The third-order valence-electron chi connectivity index (χ3n) is 3.12. The number of hydrogen-bond donors (Lipinski definition) is 0. The number of nitrogens with zero attached hydrogens (tertiary/aromatic N) is 2. The molecule has 2 rings (SSSR count). The van der Waals surface area contributed by atoms with Gasteiger partial charge in [0.25, 0.3) is 5.91 Å². The number of aromatic nitrogens is 1. The van der Waals surface area contributed by atoms with Crippen molar-refractivity contribution < 1.29 is 14.3 Å². The van der Waals surface area contributed by atoms with Crippen molar-refractivity contribution >= 4 is 21.8 Å². The standard InChI is InChI=1S/C14H19BrN2O3/c1-14(2)9-17(7-10(20-14)8-19-3)13(18)11-4-5-16-6-12(11)15/h4-6,10H,7-9H2,1-3H3/t10-/m1/s1. The van der Waals surface area contributed by atoms with Gasteiger partial charge in [-0.15, -0.1) is 0 Å². The summed E-state index contributed by atoms with van der Waals surface area (Å²) in [5.41, 5.74) is 0.241. The summed E-state index contributed by atoms with van der Waals surface area (Å²) < 4.78 is 11.8. The van der Waals surface area contributed by atoms with Crippen LogP contribution in [0, 0.1) is 0 Å². The molecule has 1 aromatic heterocycles. The van der Waals surface area contributed by atoms with Crippen molar-refractivity contribution in [2.24, 2.45) is 0 Å². The van der Waals surface area contributed by atoms with Crippen LogP contribution in [0.25, 0.3) is 0 Å². The van der Waals surface area contributed by atoms with E-state index in [4.69, 9.17) is 9.47 Å². The Morgan fingerprint density at radius 3 is 3.05 bits per heavy atom. The van der Waals surface area contributed by atoms with E-state index in [0.717, 1.165) is 0 Å². The Kier molecular flexibility index (Phi) is 4.78. The van der Waals surface area contributed by atoms with Crippen LogP contribution in [0.3, 0.4) is 0 Å². The minimum Gasteiger partial charge on any atom is -0.382 e. The van der Waals surface area contributed by atoms with Crippen LogP contribution < -0.4 is 0 Å². The lowest BCUT2D eigenvalue weighted by Gasteiger charge is -2.42. The summed E-state index contributed by atoms with van der Waals surface area (Å²) in [6.07, 6.45) is 3.15. The molecule has 0 unspecified atom stereocenters. The number of carbonyl (C=O) groups excluding carboxylic acids is 1. The van der Waals surface area contributed by atoms with Crippen LogP contribution in [0.15, 0.2) is 22.9 Å². The average Bonchev–Trinajstić information content (AvgIpc) is 2.37. The van der Waals surface area contributed by atoms with Gasteiger partial charge in [0.1, 0.15) is 0 Å². The molecule has 110 valence electrons. The van der Waals surface area contributed by atoms with Crippen LogP contribution in [0.1, 0.15) is 24.2 Å². The molecule has 0 spiro atoms. The highest BCUT2D eigenvalue weighted by Gasteiger charge is 2.36. The first-order chi connectivity index (χ1) is 9.43. The van der Waals surface area contributed by atoms with Gasteiger partial charge in [0, 0.05) is 37.1 Å². The maximum atomic E-state index is 12.6. The Balaban J connectivity index is 2.18. The highest BCUT2D eigenvalue weighted by Crippen LogP contribution is 2.24. The fourth-order valence-electron chi connectivity index (χ4n) is 2.44. The quantitative estimate of drug-likeness (QED) is 0.844. The number of carbonyl (C=O) groups is 1. The summed E-state index contributed by atoms with van der Waals surface area (Å²) in [4.78, 5) is 18.4. The fraction of sp³-hybridized carbons (Fsp3) is 0.571. The molecule has 0 aromatic carbocycles. The van der Waals surface area contributed by atoms with E-state index in [2.05, 4.69) is 20.9 Å². The SMILES string of the molecule is COC[C@H]1CN(C(=O)c2ccncc2Br)CC(C)(C)O1. The maximum Gasteiger partial charge on any atom is 0.255 e. The van der Waals surface area contributed by atoms with Gasteiger partial charge in [-0.3, -0.25) is 9.78 Å². The molecule has 2 heterocycles. The number of amides is 1. The Labute approximate surface area is 127 Å². The van der Waals surface area contributed by atoms with E-state index in [0.29, 0.717) is 29.7 Å². The molecule has 1 fully saturated rings. The zero-order chi connectivity index (χ0) is 14.8. The number of rotatable bonds is 3. The molecule has 0 N–H and O–H groups in total. The van der Waals surface area contributed by atoms with Gasteiger partial charge in [-0.2, -0.15) is 0 Å². The van der Waals surface area contributed by atoms with Crippen LogP contribution in [0.4, 0.5) is 0 Å². The molecule has 0 aliphatic carbocycles. The second-order valence-corrected chi connectivity index (χ2v) is 6.35. The molecule has 6 heteroatoms. The summed E-state index contributed by atoms with van der Waals surface area (Å²) in [6.45, 7) is 5.53. The first-order valence-electron chi connectivity index (χ1n) is 6.48. The van der Waals surface area contributed by atoms with Crippen LogP contribution in [-0.2, 0) is 9.47 Å². The van der Waals surface area contributed by atoms with Crippen LogP contribution in [0.5, 0.6) is 0 Å². The Morgan fingerprint density at radius 1 is 1.65 bits per heavy atom. The Morgan fingerprint density at radius 2 is 2.40 bits per heavy atom. The predicted molar refractivity (Wildman–Crippen MR) is 78.7 cm³/mol. The van der Waals surface area contributed by atoms with Gasteiger partial charge in [0.05, 0.1) is 23.9 Å². The molecule has 1 aromatic rings. The van der Waals surface area contributed by atoms with Gasteiger partial charge < -0.3 is 14.4 Å². The smallest absolute Gasteiger partial charge is 0.255 e. The molecule has 0 radical (unpaired) electrons. The molecule has 1 saturated heterocycles. The van der Waals surface area contributed by atoms with Crippen LogP contribution >= 0.6 is 15.9 Å². The predicted octanol–water partition coefficient (Wildman–Crippen LogP) is 2.11. The molecule has 1 aliphatic heterocycles. The molecule has 1 amide bonds. The third kappa shape index (κ3) is 3.56. The van der Waals surface area contributed by atoms with Crippen LogP contribution in [-0.4, -0.2) is 54.3 Å². The zero-order valence-corrected chi connectivity index (χ0v) is 13.5. The lowest BCUT2D eigenvalue weighted by atomic mass is 10.0. The van der Waals surface area contributed by atoms with E-state index < -0.39 is 0 Å². The van der Waals surface area contributed by atoms with E-state index in [9.17, 15) is 4.79 Å². The van der Waals surface area contributed by atoms with Crippen molar-refractivity contribution in [2.45, 2.75) is 25.6 Å². The number of pyridine rings is 1. The molecule has 0 bridgehead atoms. The van der Waals surface area contributed by atoms with E-state index in [1.54, 1.807) is 25.6 Å². The maximum absolute atomic E-state index is 12.6. The van der Waals surface area contributed by atoms with Crippen molar-refractivity contribution in [2.75, 3.05) is 26.8 Å². The van der Waals surface area contributed by atoms with Crippen molar-refractivity contribution in [3.8, 4) is 0 Å². The van der Waals surface area contributed by atoms with E-state index >= 15 is 0 Å². The average molecular weight is 343 g/mol. The van der Waals surface area contributed by atoms with E-state index in [1.807, 2.05) is 18.7 Å². The molecule has 0 saturated carbocycles. The number of morpholine rings is 1. The highest BCUT2D eigenvalue weighted by molar-refractivity contribution is 9.10. The largest absolute Gasteiger partial charge is 0.382 e. The normalized spacial score (nSPS) is 21.8. The molecule has 1 aliphatic rings. The summed E-state index contributed by atoms with van der Waals surface area (Å²) in [7, 11) is 1.64. The molecular formula is C14H19BrN2O3. The number of methoxy groups -OCH3 is 1. The van der Waals surface area contributed by atoms with Crippen molar-refractivity contribution in [1.82, 2.24) is 9.88 Å². The molecular weight excluding hydrogens is 324 g/mol. The van der Waals surface area contributed by atoms with Crippen molar-refractivity contribution in [3.05, 3.63) is 28.5 Å². The van der Waals surface area contributed by atoms with E-state index in [-0.39, 0.29) is 17.6 Å². The molecule has 5 nitrogen and oxygen atoms in total. The minimum absolute atomic E-state index is 0.0169. The number of halogens is 1. The lowest BCUT2D eigenvalue weighted by molar-refractivity contribution is -0.143. The minimum atomic E-state index is -0.378. The van der Waals surface area contributed by atoms with Gasteiger partial charge in [-0.25, -0.2) is 0 Å². The highest BCUT2D eigenvalue weighted by atomic mass is 79.9. The van der Waals surface area contributed by atoms with Gasteiger partial charge >= 0.3 is 0 Å². The first-order valence-corrected chi connectivity index (χ1v) is 7.28. The first kappa shape index (κ1) is 15.4. The topological polar surface area (TPSA) is 51.7 Å². The van der Waals surface area contributed by atoms with Gasteiger partial charge in [0.2, 0.25) is 0 Å². The number of ether oxygens (including phenoxy) is 2. The second-order valence-electron chi connectivity index (χ2n) is 5.50. The summed E-state index contributed by atoms with van der Waals surface area (Å²) in [5, 5.41) is 0.